The zero-order valence-electron chi connectivity index (χ0n) is 10.4. The van der Waals surface area contributed by atoms with Crippen LogP contribution in [0.2, 0.25) is 0 Å². The van der Waals surface area contributed by atoms with Gasteiger partial charge in [-0.05, 0) is 25.3 Å². The molecule has 0 unspecified atom stereocenters. The molecule has 2 aromatic heterocycles. The lowest BCUT2D eigenvalue weighted by atomic mass is 10.1. The minimum Gasteiger partial charge on any atom is -0.354 e. The van der Waals surface area contributed by atoms with Crippen LogP contribution < -0.4 is 10.9 Å². The van der Waals surface area contributed by atoms with Gasteiger partial charge in [0.25, 0.3) is 5.56 Å². The Kier molecular flexibility index (Phi) is 2.98. The molecule has 19 heavy (non-hydrogen) atoms. The van der Waals surface area contributed by atoms with Gasteiger partial charge in [0, 0.05) is 18.9 Å². The average molecular weight is 258 g/mol. The Morgan fingerprint density at radius 2 is 2.21 bits per heavy atom. The third kappa shape index (κ3) is 2.09. The minimum atomic E-state index is -0.466. The highest BCUT2D eigenvalue weighted by Gasteiger charge is 2.23. The lowest BCUT2D eigenvalue weighted by molar-refractivity contribution is -0.124. The predicted octanol–water partition coefficient (Wildman–Crippen LogP) is 0.633. The first-order valence-electron chi connectivity index (χ1n) is 6.36. The molecule has 1 saturated heterocycles. The second kappa shape index (κ2) is 4.79. The van der Waals surface area contributed by atoms with Crippen LogP contribution in [-0.4, -0.2) is 27.0 Å². The monoisotopic (exact) mass is 258 g/mol. The highest BCUT2D eigenvalue weighted by molar-refractivity contribution is 5.81. The molecule has 3 heterocycles. The van der Waals surface area contributed by atoms with E-state index in [4.69, 9.17) is 0 Å². The number of nitrogens with one attached hydrogen (secondary N) is 1. The number of pyridine rings is 1. The van der Waals surface area contributed by atoms with E-state index in [0.29, 0.717) is 23.9 Å². The maximum Gasteiger partial charge on any atom is 0.263 e. The maximum atomic E-state index is 12.4. The molecule has 2 aromatic rings. The molecule has 3 rings (SSSR count). The van der Waals surface area contributed by atoms with Crippen LogP contribution in [-0.2, 0) is 4.79 Å². The van der Waals surface area contributed by atoms with Crippen LogP contribution in [0.5, 0.6) is 0 Å². The molecule has 6 nitrogen and oxygen atoms in total. The van der Waals surface area contributed by atoms with E-state index in [9.17, 15) is 9.59 Å². The molecule has 0 aliphatic carbocycles. The van der Waals surface area contributed by atoms with Gasteiger partial charge in [-0.15, -0.1) is 0 Å². The van der Waals surface area contributed by atoms with E-state index in [2.05, 4.69) is 15.3 Å². The van der Waals surface area contributed by atoms with Crippen LogP contribution in [0.4, 0.5) is 0 Å². The summed E-state index contributed by atoms with van der Waals surface area (Å²) in [7, 11) is 0. The molecule has 0 spiro atoms. The first kappa shape index (κ1) is 11.8. The fraction of sp³-hybridized carbons (Fsp3) is 0.385. The van der Waals surface area contributed by atoms with Crippen molar-refractivity contribution in [3.05, 3.63) is 35.1 Å². The number of aromatic nitrogens is 3. The quantitative estimate of drug-likeness (QED) is 0.814. The molecule has 0 aromatic carbocycles. The van der Waals surface area contributed by atoms with Gasteiger partial charge < -0.3 is 5.32 Å². The first-order chi connectivity index (χ1) is 9.27. The number of amides is 1. The van der Waals surface area contributed by atoms with Gasteiger partial charge >= 0.3 is 0 Å². The van der Waals surface area contributed by atoms with Crippen LogP contribution in [0.25, 0.3) is 10.9 Å². The van der Waals surface area contributed by atoms with Gasteiger partial charge in [0.15, 0.2) is 0 Å². The van der Waals surface area contributed by atoms with E-state index in [0.717, 1.165) is 12.8 Å². The minimum absolute atomic E-state index is 0.107. The molecule has 1 aliphatic rings. The Bertz CT molecular complexity index is 680. The topological polar surface area (TPSA) is 76.9 Å². The molecule has 1 N–H and O–H groups in total. The Morgan fingerprint density at radius 1 is 1.32 bits per heavy atom. The molecular weight excluding hydrogens is 244 g/mol. The van der Waals surface area contributed by atoms with Crippen molar-refractivity contribution in [2.75, 3.05) is 6.54 Å². The Hall–Kier alpha value is -2.24. The van der Waals surface area contributed by atoms with E-state index in [1.54, 1.807) is 12.3 Å². The van der Waals surface area contributed by atoms with E-state index >= 15 is 0 Å². The highest BCUT2D eigenvalue weighted by Crippen LogP contribution is 2.17. The van der Waals surface area contributed by atoms with E-state index < -0.39 is 6.04 Å². The molecule has 0 saturated carbocycles. The number of fused-ring (bicyclic) bond motifs is 1. The van der Waals surface area contributed by atoms with Crippen LogP contribution in [0, 0.1) is 0 Å². The Balaban J connectivity index is 2.12. The van der Waals surface area contributed by atoms with Gasteiger partial charge in [0.05, 0.1) is 17.2 Å². The second-order valence-electron chi connectivity index (χ2n) is 4.65. The molecule has 0 radical (unpaired) electrons. The fourth-order valence-corrected chi connectivity index (χ4v) is 2.39. The highest BCUT2D eigenvalue weighted by atomic mass is 16.2. The normalized spacial score (nSPS) is 20.0. The SMILES string of the molecule is O=C1NCCCC[C@H]1n1cnc2ccncc2c1=O. The van der Waals surface area contributed by atoms with Crippen molar-refractivity contribution < 1.29 is 4.79 Å². The summed E-state index contributed by atoms with van der Waals surface area (Å²) in [5.74, 6) is -0.107. The third-order valence-corrected chi connectivity index (χ3v) is 3.43. The van der Waals surface area contributed by atoms with Crippen LogP contribution in [0.1, 0.15) is 25.3 Å². The Labute approximate surface area is 109 Å². The second-order valence-corrected chi connectivity index (χ2v) is 4.65. The molecule has 1 amide bonds. The standard InChI is InChI=1S/C13H14N4O2/c18-12-11(3-1-2-5-15-12)17-8-16-10-4-6-14-7-9(10)13(17)19/h4,6-8,11H,1-3,5H2,(H,15,18)/t11-/m1/s1. The van der Waals surface area contributed by atoms with Gasteiger partial charge in [-0.1, -0.05) is 0 Å². The third-order valence-electron chi connectivity index (χ3n) is 3.43. The van der Waals surface area contributed by atoms with Crippen molar-refractivity contribution >= 4 is 16.8 Å². The van der Waals surface area contributed by atoms with Crippen molar-refractivity contribution in [2.45, 2.75) is 25.3 Å². The molecule has 6 heteroatoms. The summed E-state index contributed by atoms with van der Waals surface area (Å²) >= 11 is 0. The molecule has 1 aliphatic heterocycles. The van der Waals surface area contributed by atoms with Gasteiger partial charge in [0.2, 0.25) is 5.91 Å². The predicted molar refractivity (Wildman–Crippen MR) is 69.7 cm³/mol. The number of carbonyl (C=O) groups excluding carboxylic acids is 1. The molecule has 1 fully saturated rings. The van der Waals surface area contributed by atoms with Crippen molar-refractivity contribution in [3.63, 3.8) is 0 Å². The number of nitrogens with zero attached hydrogens (tertiary/aromatic N) is 3. The van der Waals surface area contributed by atoms with Crippen LogP contribution in [0.3, 0.4) is 0 Å². The summed E-state index contributed by atoms with van der Waals surface area (Å²) in [6, 6.07) is 1.22. The number of hydrogen-bond acceptors (Lipinski definition) is 4. The van der Waals surface area contributed by atoms with E-state index in [1.165, 1.54) is 17.1 Å². The molecule has 1 atom stereocenters. The van der Waals surface area contributed by atoms with Crippen LogP contribution in [0.15, 0.2) is 29.6 Å². The summed E-state index contributed by atoms with van der Waals surface area (Å²) in [5, 5.41) is 3.27. The molecule has 0 bridgehead atoms. The van der Waals surface area contributed by atoms with Crippen molar-refractivity contribution in [3.8, 4) is 0 Å². The Morgan fingerprint density at radius 3 is 3.11 bits per heavy atom. The summed E-state index contributed by atoms with van der Waals surface area (Å²) in [5.41, 5.74) is 0.394. The fourth-order valence-electron chi connectivity index (χ4n) is 2.39. The van der Waals surface area contributed by atoms with Gasteiger partial charge in [0.1, 0.15) is 6.04 Å². The van der Waals surface area contributed by atoms with Crippen molar-refractivity contribution in [1.82, 2.24) is 19.9 Å². The average Bonchev–Trinajstić information content (AvgIpc) is 2.65. The lowest BCUT2D eigenvalue weighted by Crippen LogP contribution is -2.36. The van der Waals surface area contributed by atoms with Gasteiger partial charge in [-0.3, -0.25) is 19.1 Å². The number of rotatable bonds is 1. The summed E-state index contributed by atoms with van der Waals surface area (Å²) in [4.78, 5) is 32.5. The zero-order chi connectivity index (χ0) is 13.2. The number of hydrogen-bond donors (Lipinski definition) is 1. The van der Waals surface area contributed by atoms with Crippen molar-refractivity contribution in [2.24, 2.45) is 0 Å². The van der Waals surface area contributed by atoms with E-state index in [-0.39, 0.29) is 11.5 Å². The molecule has 98 valence electrons. The number of carbonyl (C=O) groups is 1. The summed E-state index contributed by atoms with van der Waals surface area (Å²) in [6.45, 7) is 0.673. The van der Waals surface area contributed by atoms with Crippen molar-refractivity contribution in [1.29, 1.82) is 0 Å². The smallest absolute Gasteiger partial charge is 0.263 e. The van der Waals surface area contributed by atoms with Crippen LogP contribution >= 0.6 is 0 Å². The lowest BCUT2D eigenvalue weighted by Gasteiger charge is -2.16. The van der Waals surface area contributed by atoms with Gasteiger partial charge in [-0.2, -0.15) is 0 Å². The first-order valence-corrected chi connectivity index (χ1v) is 6.36. The van der Waals surface area contributed by atoms with Gasteiger partial charge in [-0.25, -0.2) is 4.98 Å². The largest absolute Gasteiger partial charge is 0.354 e. The van der Waals surface area contributed by atoms with E-state index in [1.807, 2.05) is 0 Å². The summed E-state index contributed by atoms with van der Waals surface area (Å²) in [6.07, 6.45) is 7.08. The zero-order valence-corrected chi connectivity index (χ0v) is 10.4. The maximum absolute atomic E-state index is 12.4. The summed E-state index contributed by atoms with van der Waals surface area (Å²) < 4.78 is 1.42. The molecular formula is C13H14N4O2.